The van der Waals surface area contributed by atoms with Crippen molar-refractivity contribution in [3.05, 3.63) is 12.7 Å². The van der Waals surface area contributed by atoms with Crippen molar-refractivity contribution in [2.45, 2.75) is 39.0 Å². The Balaban J connectivity index is 2.44. The maximum Gasteiger partial charge on any atom is 0.133 e. The summed E-state index contributed by atoms with van der Waals surface area (Å²) in [5.74, 6) is 1.70. The molecule has 1 rings (SSSR count). The van der Waals surface area contributed by atoms with Crippen LogP contribution < -0.4 is 0 Å². The number of hydrogen-bond donors (Lipinski definition) is 0. The van der Waals surface area contributed by atoms with E-state index in [-0.39, 0.29) is 0 Å². The van der Waals surface area contributed by atoms with E-state index < -0.39 is 0 Å². The molecule has 12 heavy (non-hydrogen) atoms. The second-order valence-electron chi connectivity index (χ2n) is 3.85. The molecule has 0 aliphatic heterocycles. The van der Waals surface area contributed by atoms with E-state index in [1.165, 1.54) is 6.42 Å². The number of Topliss-reactive ketones (excluding diaryl/α,β-unsaturated/α-hetero) is 1. The van der Waals surface area contributed by atoms with E-state index >= 15 is 0 Å². The first kappa shape index (κ1) is 9.50. The smallest absolute Gasteiger partial charge is 0.133 e. The van der Waals surface area contributed by atoms with Gasteiger partial charge in [-0.2, -0.15) is 0 Å². The second kappa shape index (κ2) is 4.44. The lowest BCUT2D eigenvalue weighted by atomic mass is 9.78. The third-order valence-electron chi connectivity index (χ3n) is 2.78. The standard InChI is InChI=1S/C11H18O/c1-3-5-10-6-9(4-2)7-11(12)8-10/h3,9-10H,1,4-8H2,2H3. The van der Waals surface area contributed by atoms with Crippen molar-refractivity contribution in [1.82, 2.24) is 0 Å². The van der Waals surface area contributed by atoms with Crippen molar-refractivity contribution in [2.24, 2.45) is 11.8 Å². The third-order valence-corrected chi connectivity index (χ3v) is 2.78. The number of hydrogen-bond acceptors (Lipinski definition) is 1. The molecule has 0 N–H and O–H groups in total. The van der Waals surface area contributed by atoms with Crippen LogP contribution in [0.15, 0.2) is 12.7 Å². The highest BCUT2D eigenvalue weighted by molar-refractivity contribution is 5.79. The van der Waals surface area contributed by atoms with E-state index in [0.717, 1.165) is 25.7 Å². The Hall–Kier alpha value is -0.590. The molecule has 0 radical (unpaired) electrons. The Kier molecular flexibility index (Phi) is 3.51. The highest BCUT2D eigenvalue weighted by atomic mass is 16.1. The van der Waals surface area contributed by atoms with Crippen molar-refractivity contribution in [1.29, 1.82) is 0 Å². The quantitative estimate of drug-likeness (QED) is 0.589. The minimum absolute atomic E-state index is 0.458. The molecule has 0 heterocycles. The molecule has 0 aromatic heterocycles. The average Bonchev–Trinajstić information content (AvgIpc) is 2.04. The third kappa shape index (κ3) is 2.47. The molecule has 1 saturated carbocycles. The molecule has 0 saturated heterocycles. The molecular formula is C11H18O. The molecule has 0 aromatic rings. The van der Waals surface area contributed by atoms with E-state index in [2.05, 4.69) is 13.5 Å². The molecule has 1 aliphatic carbocycles. The molecule has 0 bridgehead atoms. The second-order valence-corrected chi connectivity index (χ2v) is 3.85. The summed E-state index contributed by atoms with van der Waals surface area (Å²) in [6, 6.07) is 0. The molecule has 0 spiro atoms. The van der Waals surface area contributed by atoms with Crippen molar-refractivity contribution in [3.8, 4) is 0 Å². The van der Waals surface area contributed by atoms with Crippen molar-refractivity contribution >= 4 is 5.78 Å². The van der Waals surface area contributed by atoms with Crippen LogP contribution in [0.25, 0.3) is 0 Å². The molecule has 0 aromatic carbocycles. The largest absolute Gasteiger partial charge is 0.300 e. The zero-order valence-corrected chi connectivity index (χ0v) is 7.88. The van der Waals surface area contributed by atoms with Gasteiger partial charge in [0.15, 0.2) is 0 Å². The monoisotopic (exact) mass is 166 g/mol. The van der Waals surface area contributed by atoms with E-state index in [0.29, 0.717) is 17.6 Å². The summed E-state index contributed by atoms with van der Waals surface area (Å²) >= 11 is 0. The van der Waals surface area contributed by atoms with Gasteiger partial charge in [0.05, 0.1) is 0 Å². The summed E-state index contributed by atoms with van der Waals surface area (Å²) in [6.07, 6.45) is 6.96. The summed E-state index contributed by atoms with van der Waals surface area (Å²) in [5.41, 5.74) is 0. The number of carbonyl (C=O) groups is 1. The van der Waals surface area contributed by atoms with Crippen LogP contribution in [-0.4, -0.2) is 5.78 Å². The normalized spacial score (nSPS) is 30.2. The van der Waals surface area contributed by atoms with Gasteiger partial charge in [-0.15, -0.1) is 6.58 Å². The highest BCUT2D eigenvalue weighted by Gasteiger charge is 2.24. The average molecular weight is 166 g/mol. The van der Waals surface area contributed by atoms with E-state index in [1.807, 2.05) is 6.08 Å². The Morgan fingerprint density at radius 1 is 1.50 bits per heavy atom. The summed E-state index contributed by atoms with van der Waals surface area (Å²) in [5, 5.41) is 0. The predicted octanol–water partition coefficient (Wildman–Crippen LogP) is 2.96. The fraction of sp³-hybridized carbons (Fsp3) is 0.727. The minimum atomic E-state index is 0.458. The number of carbonyl (C=O) groups excluding carboxylic acids is 1. The molecule has 68 valence electrons. The zero-order valence-electron chi connectivity index (χ0n) is 7.88. The van der Waals surface area contributed by atoms with Crippen LogP contribution in [0.1, 0.15) is 39.0 Å². The number of ketones is 1. The van der Waals surface area contributed by atoms with Gasteiger partial charge in [0.1, 0.15) is 5.78 Å². The van der Waals surface area contributed by atoms with Crippen molar-refractivity contribution in [2.75, 3.05) is 0 Å². The van der Waals surface area contributed by atoms with Crippen LogP contribution in [0.2, 0.25) is 0 Å². The van der Waals surface area contributed by atoms with Gasteiger partial charge in [-0.3, -0.25) is 4.79 Å². The van der Waals surface area contributed by atoms with Crippen LogP contribution in [0.5, 0.6) is 0 Å². The Labute approximate surface area is 74.9 Å². The van der Waals surface area contributed by atoms with Crippen LogP contribution in [0, 0.1) is 11.8 Å². The van der Waals surface area contributed by atoms with E-state index in [9.17, 15) is 4.79 Å². The Morgan fingerprint density at radius 3 is 2.75 bits per heavy atom. The molecule has 1 aliphatic rings. The molecule has 1 heteroatoms. The minimum Gasteiger partial charge on any atom is -0.300 e. The lowest BCUT2D eigenvalue weighted by Gasteiger charge is -2.26. The summed E-state index contributed by atoms with van der Waals surface area (Å²) < 4.78 is 0. The predicted molar refractivity (Wildman–Crippen MR) is 50.9 cm³/mol. The van der Waals surface area contributed by atoms with Crippen molar-refractivity contribution < 1.29 is 4.79 Å². The fourth-order valence-corrected chi connectivity index (χ4v) is 2.09. The van der Waals surface area contributed by atoms with Gasteiger partial charge in [0, 0.05) is 12.8 Å². The van der Waals surface area contributed by atoms with Crippen LogP contribution in [0.3, 0.4) is 0 Å². The molecule has 2 unspecified atom stereocenters. The Morgan fingerprint density at radius 2 is 2.17 bits per heavy atom. The summed E-state index contributed by atoms with van der Waals surface area (Å²) in [4.78, 5) is 11.3. The molecular weight excluding hydrogens is 148 g/mol. The fourth-order valence-electron chi connectivity index (χ4n) is 2.09. The summed E-state index contributed by atoms with van der Waals surface area (Å²) in [6.45, 7) is 5.89. The van der Waals surface area contributed by atoms with Gasteiger partial charge >= 0.3 is 0 Å². The van der Waals surface area contributed by atoms with Crippen LogP contribution in [-0.2, 0) is 4.79 Å². The molecule has 2 atom stereocenters. The lowest BCUT2D eigenvalue weighted by molar-refractivity contribution is -0.123. The van der Waals surface area contributed by atoms with E-state index in [1.54, 1.807) is 0 Å². The zero-order chi connectivity index (χ0) is 8.97. The van der Waals surface area contributed by atoms with Gasteiger partial charge in [-0.1, -0.05) is 19.4 Å². The molecule has 0 amide bonds. The number of rotatable bonds is 3. The molecule has 1 fully saturated rings. The van der Waals surface area contributed by atoms with Gasteiger partial charge in [0.2, 0.25) is 0 Å². The maximum atomic E-state index is 11.3. The van der Waals surface area contributed by atoms with E-state index in [4.69, 9.17) is 0 Å². The van der Waals surface area contributed by atoms with Crippen molar-refractivity contribution in [3.63, 3.8) is 0 Å². The topological polar surface area (TPSA) is 17.1 Å². The van der Waals surface area contributed by atoms with Gasteiger partial charge < -0.3 is 0 Å². The first-order valence-corrected chi connectivity index (χ1v) is 4.88. The molecule has 1 nitrogen and oxygen atoms in total. The van der Waals surface area contributed by atoms with Gasteiger partial charge in [0.25, 0.3) is 0 Å². The lowest BCUT2D eigenvalue weighted by Crippen LogP contribution is -2.21. The van der Waals surface area contributed by atoms with Gasteiger partial charge in [-0.05, 0) is 24.7 Å². The maximum absolute atomic E-state index is 11.3. The number of allylic oxidation sites excluding steroid dienone is 1. The first-order chi connectivity index (χ1) is 5.76. The SMILES string of the molecule is C=CCC1CC(=O)CC(CC)C1. The highest BCUT2D eigenvalue weighted by Crippen LogP contribution is 2.30. The van der Waals surface area contributed by atoms with Crippen LogP contribution >= 0.6 is 0 Å². The Bertz CT molecular complexity index is 172. The summed E-state index contributed by atoms with van der Waals surface area (Å²) in [7, 11) is 0. The first-order valence-electron chi connectivity index (χ1n) is 4.88. The van der Waals surface area contributed by atoms with Crippen LogP contribution in [0.4, 0.5) is 0 Å². The van der Waals surface area contributed by atoms with Gasteiger partial charge in [-0.25, -0.2) is 0 Å².